The van der Waals surface area contributed by atoms with Crippen LogP contribution in [-0.2, 0) is 4.79 Å². The van der Waals surface area contributed by atoms with Crippen LogP contribution in [-0.4, -0.2) is 33.5 Å². The largest absolute Gasteiger partial charge is 0.487 e. The minimum atomic E-state index is 0.0134. The molecule has 6 heteroatoms. The van der Waals surface area contributed by atoms with Crippen LogP contribution in [0.25, 0.3) is 0 Å². The lowest BCUT2D eigenvalue weighted by molar-refractivity contribution is -0.126. The second kappa shape index (κ2) is 5.37. The van der Waals surface area contributed by atoms with E-state index in [1.807, 2.05) is 47.8 Å². The zero-order chi connectivity index (χ0) is 16.0. The highest BCUT2D eigenvalue weighted by molar-refractivity contribution is 5.97. The Kier molecular flexibility index (Phi) is 3.32. The fourth-order valence-corrected chi connectivity index (χ4v) is 3.39. The van der Waals surface area contributed by atoms with Crippen molar-refractivity contribution in [2.75, 3.05) is 11.4 Å². The lowest BCUT2D eigenvalue weighted by Crippen LogP contribution is -2.48. The molecule has 2 heterocycles. The summed E-state index contributed by atoms with van der Waals surface area (Å²) in [7, 11) is 0. The van der Waals surface area contributed by atoms with Crippen molar-refractivity contribution >= 4 is 11.6 Å². The molecule has 1 aromatic heterocycles. The van der Waals surface area contributed by atoms with E-state index < -0.39 is 0 Å². The molecule has 0 bridgehead atoms. The fraction of sp³-hybridized carbons (Fsp3) is 0.471. The van der Waals surface area contributed by atoms with Gasteiger partial charge in [0.25, 0.3) is 0 Å². The van der Waals surface area contributed by atoms with E-state index >= 15 is 0 Å². The summed E-state index contributed by atoms with van der Waals surface area (Å²) in [5, 5.41) is 7.86. The molecular weight excluding hydrogens is 292 g/mol. The molecule has 1 atom stereocenters. The van der Waals surface area contributed by atoms with Crippen LogP contribution >= 0.6 is 0 Å². The van der Waals surface area contributed by atoms with Crippen molar-refractivity contribution in [3.8, 4) is 5.75 Å². The van der Waals surface area contributed by atoms with Gasteiger partial charge in [0.15, 0.2) is 0 Å². The molecular formula is C17H20N4O2. The van der Waals surface area contributed by atoms with Crippen molar-refractivity contribution in [3.63, 3.8) is 0 Å². The number of ether oxygens (including phenoxy) is 1. The molecule has 23 heavy (non-hydrogen) atoms. The standard InChI is InChI=1S/C17H20N4O2/c1-11-3-4-15-16(7-11)23-12(2)10-20(15)17(22)13-8-14(9-13)21-6-5-18-19-21/h3-7,12-14H,8-10H2,1-2H3. The molecule has 6 nitrogen and oxygen atoms in total. The van der Waals surface area contributed by atoms with Crippen LogP contribution in [0.4, 0.5) is 5.69 Å². The van der Waals surface area contributed by atoms with Crippen molar-refractivity contribution in [2.45, 2.75) is 38.8 Å². The molecule has 1 unspecified atom stereocenters. The van der Waals surface area contributed by atoms with Crippen LogP contribution in [0.5, 0.6) is 5.75 Å². The van der Waals surface area contributed by atoms with Gasteiger partial charge in [-0.15, -0.1) is 5.10 Å². The molecule has 2 aliphatic rings. The van der Waals surface area contributed by atoms with Crippen LogP contribution in [0.3, 0.4) is 0 Å². The minimum Gasteiger partial charge on any atom is -0.487 e. The lowest BCUT2D eigenvalue weighted by Gasteiger charge is -2.40. The van der Waals surface area contributed by atoms with Gasteiger partial charge in [-0.1, -0.05) is 11.3 Å². The molecule has 1 saturated carbocycles. The maximum Gasteiger partial charge on any atom is 0.230 e. The average molecular weight is 312 g/mol. The molecule has 0 radical (unpaired) electrons. The highest BCUT2D eigenvalue weighted by Gasteiger charge is 2.40. The van der Waals surface area contributed by atoms with Gasteiger partial charge in [-0.05, 0) is 44.4 Å². The Labute approximate surface area is 135 Å². The first kappa shape index (κ1) is 14.2. The van der Waals surface area contributed by atoms with E-state index in [2.05, 4.69) is 10.3 Å². The third-order valence-electron chi connectivity index (χ3n) is 4.72. The van der Waals surface area contributed by atoms with Gasteiger partial charge < -0.3 is 9.64 Å². The number of rotatable bonds is 2. The molecule has 1 fully saturated rings. The molecule has 2 aromatic rings. The van der Waals surface area contributed by atoms with Gasteiger partial charge in [0.05, 0.1) is 24.5 Å². The zero-order valence-electron chi connectivity index (χ0n) is 13.3. The second-order valence-electron chi connectivity index (χ2n) is 6.55. The number of carbonyl (C=O) groups is 1. The number of fused-ring (bicyclic) bond motifs is 1. The number of hydrogen-bond donors (Lipinski definition) is 0. The first-order chi connectivity index (χ1) is 11.1. The minimum absolute atomic E-state index is 0.0134. The highest BCUT2D eigenvalue weighted by Crippen LogP contribution is 2.41. The summed E-state index contributed by atoms with van der Waals surface area (Å²) in [5.41, 5.74) is 2.03. The number of aryl methyl sites for hydroxylation is 1. The first-order valence-corrected chi connectivity index (χ1v) is 8.06. The Morgan fingerprint density at radius 1 is 1.35 bits per heavy atom. The van der Waals surface area contributed by atoms with E-state index in [0.29, 0.717) is 12.6 Å². The Hall–Kier alpha value is -2.37. The van der Waals surface area contributed by atoms with E-state index in [0.717, 1.165) is 29.8 Å². The number of carbonyl (C=O) groups excluding carboxylic acids is 1. The van der Waals surface area contributed by atoms with Crippen LogP contribution in [0.15, 0.2) is 30.6 Å². The zero-order valence-corrected chi connectivity index (χ0v) is 13.3. The van der Waals surface area contributed by atoms with Crippen molar-refractivity contribution in [3.05, 3.63) is 36.2 Å². The molecule has 0 saturated heterocycles. The predicted octanol–water partition coefficient (Wildman–Crippen LogP) is 2.35. The van der Waals surface area contributed by atoms with E-state index in [9.17, 15) is 4.79 Å². The summed E-state index contributed by atoms with van der Waals surface area (Å²) in [6, 6.07) is 6.31. The topological polar surface area (TPSA) is 60.2 Å². The van der Waals surface area contributed by atoms with Crippen molar-refractivity contribution in [1.29, 1.82) is 0 Å². The van der Waals surface area contributed by atoms with Crippen molar-refractivity contribution in [2.24, 2.45) is 5.92 Å². The average Bonchev–Trinajstić information content (AvgIpc) is 2.98. The monoisotopic (exact) mass is 312 g/mol. The summed E-state index contributed by atoms with van der Waals surface area (Å²) >= 11 is 0. The lowest BCUT2D eigenvalue weighted by atomic mass is 9.79. The van der Waals surface area contributed by atoms with Gasteiger partial charge in [0.2, 0.25) is 5.91 Å². The highest BCUT2D eigenvalue weighted by atomic mass is 16.5. The van der Waals surface area contributed by atoms with Crippen LogP contribution in [0.1, 0.15) is 31.4 Å². The van der Waals surface area contributed by atoms with Gasteiger partial charge in [-0.25, -0.2) is 4.68 Å². The quantitative estimate of drug-likeness (QED) is 0.854. The summed E-state index contributed by atoms with van der Waals surface area (Å²) < 4.78 is 7.74. The Morgan fingerprint density at radius 2 is 2.17 bits per heavy atom. The van der Waals surface area contributed by atoms with Crippen LogP contribution in [0, 0.1) is 12.8 Å². The van der Waals surface area contributed by atoms with Gasteiger partial charge in [-0.2, -0.15) is 0 Å². The van der Waals surface area contributed by atoms with E-state index in [4.69, 9.17) is 4.74 Å². The normalized spacial score (nSPS) is 26.2. The fourth-order valence-electron chi connectivity index (χ4n) is 3.39. The molecule has 1 aliphatic heterocycles. The third kappa shape index (κ3) is 2.48. The first-order valence-electron chi connectivity index (χ1n) is 8.06. The molecule has 0 N–H and O–H groups in total. The van der Waals surface area contributed by atoms with Gasteiger partial charge in [0.1, 0.15) is 11.9 Å². The number of aromatic nitrogens is 3. The number of hydrogen-bond acceptors (Lipinski definition) is 4. The van der Waals surface area contributed by atoms with Gasteiger partial charge in [0, 0.05) is 12.1 Å². The molecule has 1 aromatic carbocycles. The summed E-state index contributed by atoms with van der Waals surface area (Å²) in [6.45, 7) is 4.65. The van der Waals surface area contributed by atoms with Crippen LogP contribution < -0.4 is 9.64 Å². The van der Waals surface area contributed by atoms with Gasteiger partial charge >= 0.3 is 0 Å². The molecule has 4 rings (SSSR count). The van der Waals surface area contributed by atoms with Crippen molar-refractivity contribution < 1.29 is 9.53 Å². The number of anilines is 1. The molecule has 1 aliphatic carbocycles. The smallest absolute Gasteiger partial charge is 0.230 e. The number of benzene rings is 1. The molecule has 0 spiro atoms. The molecule has 120 valence electrons. The summed E-state index contributed by atoms with van der Waals surface area (Å²) in [5.74, 6) is 1.06. The number of nitrogens with zero attached hydrogens (tertiary/aromatic N) is 4. The van der Waals surface area contributed by atoms with E-state index in [1.165, 1.54) is 0 Å². The van der Waals surface area contributed by atoms with Crippen molar-refractivity contribution in [1.82, 2.24) is 15.0 Å². The second-order valence-corrected chi connectivity index (χ2v) is 6.55. The summed E-state index contributed by atoms with van der Waals surface area (Å²) in [6.07, 6.45) is 5.21. The van der Waals surface area contributed by atoms with Gasteiger partial charge in [-0.3, -0.25) is 4.79 Å². The Balaban J connectivity index is 1.51. The third-order valence-corrected chi connectivity index (χ3v) is 4.72. The predicted molar refractivity (Wildman–Crippen MR) is 85.4 cm³/mol. The maximum absolute atomic E-state index is 12.9. The molecule has 1 amide bonds. The Bertz CT molecular complexity index is 722. The summed E-state index contributed by atoms with van der Waals surface area (Å²) in [4.78, 5) is 14.8. The van der Waals surface area contributed by atoms with E-state index in [-0.39, 0.29) is 17.9 Å². The number of amides is 1. The van der Waals surface area contributed by atoms with E-state index in [1.54, 1.807) is 6.20 Å². The van der Waals surface area contributed by atoms with Crippen LogP contribution in [0.2, 0.25) is 0 Å². The SMILES string of the molecule is Cc1ccc2c(c1)OC(C)CN2C(=O)C1CC(n2ccnn2)C1. The Morgan fingerprint density at radius 3 is 2.91 bits per heavy atom. The maximum atomic E-state index is 12.9.